The average molecular weight is 248 g/mol. The van der Waals surface area contributed by atoms with Crippen LogP contribution >= 0.6 is 7.37 Å². The number of unbranched alkanes of at least 4 members (excludes halogenated alkanes) is 1. The molecule has 0 rings (SSSR count). The van der Waals surface area contributed by atoms with E-state index in [0.29, 0.717) is 25.1 Å². The van der Waals surface area contributed by atoms with Crippen LogP contribution in [0.5, 0.6) is 0 Å². The van der Waals surface area contributed by atoms with Gasteiger partial charge in [0, 0.05) is 19.2 Å². The van der Waals surface area contributed by atoms with Crippen LogP contribution in [0.4, 0.5) is 0 Å². The van der Waals surface area contributed by atoms with Crippen molar-refractivity contribution in [1.82, 2.24) is 0 Å². The highest BCUT2D eigenvalue weighted by Crippen LogP contribution is 2.43. The van der Waals surface area contributed by atoms with Gasteiger partial charge in [-0.1, -0.05) is 33.1 Å². The SMILES string of the molecule is CCCCC(CC)COP(C)(=O)CCC=O. The van der Waals surface area contributed by atoms with Crippen LogP contribution in [0.25, 0.3) is 0 Å². The lowest BCUT2D eigenvalue weighted by molar-refractivity contribution is -0.107. The van der Waals surface area contributed by atoms with Gasteiger partial charge in [0.1, 0.15) is 6.29 Å². The van der Waals surface area contributed by atoms with E-state index in [-0.39, 0.29) is 0 Å². The molecule has 0 amide bonds. The second-order valence-electron chi connectivity index (χ2n) is 4.41. The molecule has 0 spiro atoms. The molecular formula is C12H25O3P. The third-order valence-corrected chi connectivity index (χ3v) is 4.55. The maximum absolute atomic E-state index is 11.9. The van der Waals surface area contributed by atoms with Crippen molar-refractivity contribution in [2.45, 2.75) is 46.0 Å². The minimum atomic E-state index is -2.54. The smallest absolute Gasteiger partial charge is 0.200 e. The van der Waals surface area contributed by atoms with Gasteiger partial charge in [-0.15, -0.1) is 0 Å². The van der Waals surface area contributed by atoms with Crippen LogP contribution in [-0.4, -0.2) is 25.7 Å². The molecular weight excluding hydrogens is 223 g/mol. The molecule has 16 heavy (non-hydrogen) atoms. The zero-order chi connectivity index (χ0) is 12.4. The molecule has 4 heteroatoms. The standard InChI is InChI=1S/C12H25O3P/c1-4-6-8-12(5-2)11-15-16(3,14)10-7-9-13/h9,12H,4-8,10-11H2,1-3H3. The Labute approximate surface area is 99.4 Å². The van der Waals surface area contributed by atoms with Crippen LogP contribution in [0.2, 0.25) is 0 Å². The molecule has 0 heterocycles. The molecule has 96 valence electrons. The van der Waals surface area contributed by atoms with Gasteiger partial charge in [0.15, 0.2) is 0 Å². The Morgan fingerprint density at radius 3 is 2.56 bits per heavy atom. The molecule has 0 aromatic carbocycles. The first-order chi connectivity index (χ1) is 7.55. The first-order valence-corrected chi connectivity index (χ1v) is 8.46. The van der Waals surface area contributed by atoms with Crippen molar-refractivity contribution in [2.75, 3.05) is 19.4 Å². The van der Waals surface area contributed by atoms with Gasteiger partial charge in [0.25, 0.3) is 0 Å². The molecule has 0 aliphatic heterocycles. The Kier molecular flexibility index (Phi) is 8.87. The lowest BCUT2D eigenvalue weighted by Gasteiger charge is -2.18. The molecule has 0 aromatic rings. The third-order valence-electron chi connectivity index (χ3n) is 2.78. The third kappa shape index (κ3) is 8.06. The Bertz CT molecular complexity index is 228. The predicted molar refractivity (Wildman–Crippen MR) is 68.3 cm³/mol. The summed E-state index contributed by atoms with van der Waals surface area (Å²) in [6, 6.07) is 0. The summed E-state index contributed by atoms with van der Waals surface area (Å²) in [7, 11) is -2.54. The van der Waals surface area contributed by atoms with Crippen LogP contribution in [0.1, 0.15) is 46.0 Å². The van der Waals surface area contributed by atoms with E-state index in [2.05, 4.69) is 13.8 Å². The van der Waals surface area contributed by atoms with E-state index in [4.69, 9.17) is 4.52 Å². The zero-order valence-corrected chi connectivity index (χ0v) is 11.7. The second-order valence-corrected chi connectivity index (χ2v) is 7.14. The highest BCUT2D eigenvalue weighted by atomic mass is 31.2. The van der Waals surface area contributed by atoms with Gasteiger partial charge < -0.3 is 9.32 Å². The fraction of sp³-hybridized carbons (Fsp3) is 0.917. The highest BCUT2D eigenvalue weighted by Gasteiger charge is 2.17. The molecule has 0 bridgehead atoms. The fourth-order valence-electron chi connectivity index (χ4n) is 1.51. The van der Waals surface area contributed by atoms with Crippen molar-refractivity contribution >= 4 is 13.7 Å². The normalized spacial score (nSPS) is 16.7. The number of aldehydes is 1. The van der Waals surface area contributed by atoms with Crippen LogP contribution in [0.15, 0.2) is 0 Å². The largest absolute Gasteiger partial charge is 0.328 e. The van der Waals surface area contributed by atoms with Gasteiger partial charge in [-0.2, -0.15) is 0 Å². The molecule has 2 unspecified atom stereocenters. The summed E-state index contributed by atoms with van der Waals surface area (Å²) in [6.45, 7) is 6.50. The van der Waals surface area contributed by atoms with Gasteiger partial charge >= 0.3 is 0 Å². The first kappa shape index (κ1) is 15.9. The topological polar surface area (TPSA) is 43.4 Å². The molecule has 0 radical (unpaired) electrons. The minimum Gasteiger partial charge on any atom is -0.328 e. The summed E-state index contributed by atoms with van der Waals surface area (Å²) in [6.07, 6.45) is 6.10. The van der Waals surface area contributed by atoms with Crippen LogP contribution in [0.3, 0.4) is 0 Å². The molecule has 0 saturated carbocycles. The maximum atomic E-state index is 11.9. The number of carbonyl (C=O) groups excluding carboxylic acids is 1. The Balaban J connectivity index is 3.89. The quantitative estimate of drug-likeness (QED) is 0.437. The summed E-state index contributed by atoms with van der Waals surface area (Å²) in [5.41, 5.74) is 0. The van der Waals surface area contributed by atoms with Crippen LogP contribution in [-0.2, 0) is 13.9 Å². The fourth-order valence-corrected chi connectivity index (χ4v) is 2.74. The summed E-state index contributed by atoms with van der Waals surface area (Å²) < 4.78 is 17.4. The van der Waals surface area contributed by atoms with Gasteiger partial charge in [-0.05, 0) is 12.3 Å². The number of hydrogen-bond acceptors (Lipinski definition) is 3. The molecule has 0 aromatic heterocycles. The van der Waals surface area contributed by atoms with Gasteiger partial charge in [0.2, 0.25) is 7.37 Å². The number of hydrogen-bond donors (Lipinski definition) is 0. The van der Waals surface area contributed by atoms with E-state index in [0.717, 1.165) is 19.1 Å². The molecule has 2 atom stereocenters. The predicted octanol–water partition coefficient (Wildman–Crippen LogP) is 3.72. The second kappa shape index (κ2) is 8.95. The Hall–Kier alpha value is -0.140. The lowest BCUT2D eigenvalue weighted by atomic mass is 10.0. The van der Waals surface area contributed by atoms with Crippen LogP contribution < -0.4 is 0 Å². The van der Waals surface area contributed by atoms with E-state index >= 15 is 0 Å². The van der Waals surface area contributed by atoms with Crippen molar-refractivity contribution in [2.24, 2.45) is 5.92 Å². The molecule has 3 nitrogen and oxygen atoms in total. The van der Waals surface area contributed by atoms with Crippen molar-refractivity contribution in [3.8, 4) is 0 Å². The van der Waals surface area contributed by atoms with Crippen molar-refractivity contribution < 1.29 is 13.9 Å². The molecule has 0 aliphatic rings. The first-order valence-electron chi connectivity index (χ1n) is 6.20. The number of carbonyl (C=O) groups is 1. The molecule has 0 saturated heterocycles. The lowest BCUT2D eigenvalue weighted by Crippen LogP contribution is -2.08. The van der Waals surface area contributed by atoms with Crippen molar-refractivity contribution in [3.05, 3.63) is 0 Å². The van der Waals surface area contributed by atoms with E-state index in [1.165, 1.54) is 12.8 Å². The minimum absolute atomic E-state index is 0.333. The average Bonchev–Trinajstić information content (AvgIpc) is 2.27. The van der Waals surface area contributed by atoms with Gasteiger partial charge in [0.05, 0.1) is 6.61 Å². The summed E-state index contributed by atoms with van der Waals surface area (Å²) >= 11 is 0. The van der Waals surface area contributed by atoms with E-state index in [1.807, 2.05) is 0 Å². The Morgan fingerprint density at radius 1 is 1.38 bits per heavy atom. The van der Waals surface area contributed by atoms with E-state index < -0.39 is 7.37 Å². The monoisotopic (exact) mass is 248 g/mol. The molecule has 0 N–H and O–H groups in total. The van der Waals surface area contributed by atoms with Crippen molar-refractivity contribution in [3.63, 3.8) is 0 Å². The van der Waals surface area contributed by atoms with Crippen molar-refractivity contribution in [1.29, 1.82) is 0 Å². The zero-order valence-electron chi connectivity index (χ0n) is 10.8. The molecule has 0 aliphatic carbocycles. The highest BCUT2D eigenvalue weighted by molar-refractivity contribution is 7.58. The maximum Gasteiger partial charge on any atom is 0.200 e. The van der Waals surface area contributed by atoms with E-state index in [1.54, 1.807) is 6.66 Å². The summed E-state index contributed by atoms with van der Waals surface area (Å²) in [5, 5.41) is 0. The van der Waals surface area contributed by atoms with Gasteiger partial charge in [-0.25, -0.2) is 0 Å². The molecule has 0 fully saturated rings. The number of rotatable bonds is 10. The summed E-state index contributed by atoms with van der Waals surface area (Å²) in [4.78, 5) is 10.2. The summed E-state index contributed by atoms with van der Waals surface area (Å²) in [5.74, 6) is 0.504. The Morgan fingerprint density at radius 2 is 2.06 bits per heavy atom. The van der Waals surface area contributed by atoms with Gasteiger partial charge in [-0.3, -0.25) is 4.57 Å². The van der Waals surface area contributed by atoms with E-state index in [9.17, 15) is 9.36 Å². The van der Waals surface area contributed by atoms with Crippen LogP contribution in [0, 0.1) is 5.92 Å².